The van der Waals surface area contributed by atoms with Crippen molar-refractivity contribution in [2.24, 2.45) is 10.8 Å². The topological polar surface area (TPSA) is 140 Å². The fourth-order valence-electron chi connectivity index (χ4n) is 4.33. The molecule has 0 radical (unpaired) electrons. The third-order valence-corrected chi connectivity index (χ3v) is 7.97. The van der Waals surface area contributed by atoms with Crippen molar-refractivity contribution in [2.45, 2.75) is 58.6 Å². The van der Waals surface area contributed by atoms with Gasteiger partial charge in [-0.25, -0.2) is 4.79 Å². The first-order valence-electron chi connectivity index (χ1n) is 13.2. The minimum atomic E-state index is -1.46. The summed E-state index contributed by atoms with van der Waals surface area (Å²) >= 11 is 6.62. The molecule has 2 unspecified atom stereocenters. The molecule has 0 saturated carbocycles. The molecule has 9 nitrogen and oxygen atoms in total. The monoisotopic (exact) mass is 613 g/mol. The Morgan fingerprint density at radius 1 is 0.905 bits per heavy atom. The number of esters is 3. The largest absolute Gasteiger partial charge is 0.481 e. The van der Waals surface area contributed by atoms with Crippen LogP contribution in [-0.4, -0.2) is 51.1 Å². The van der Waals surface area contributed by atoms with Crippen molar-refractivity contribution in [1.82, 2.24) is 0 Å². The molecule has 0 aliphatic rings. The Morgan fingerprint density at radius 2 is 1.50 bits per heavy atom. The van der Waals surface area contributed by atoms with Gasteiger partial charge in [0.1, 0.15) is 23.7 Å². The Kier molecular flexibility index (Phi) is 12.3. The molecule has 0 heterocycles. The van der Waals surface area contributed by atoms with Gasteiger partial charge in [0.05, 0.1) is 26.7 Å². The van der Waals surface area contributed by atoms with Gasteiger partial charge in [0.15, 0.2) is 0 Å². The summed E-state index contributed by atoms with van der Waals surface area (Å²) in [4.78, 5) is 49.8. The smallest absolute Gasteiger partial charge is 0.338 e. The fourth-order valence-corrected chi connectivity index (χ4v) is 6.21. The van der Waals surface area contributed by atoms with Crippen molar-refractivity contribution in [2.75, 3.05) is 13.2 Å². The number of nitrogens with zero attached hydrogens (tertiary/aromatic N) is 1. The maximum absolute atomic E-state index is 13.5. The van der Waals surface area contributed by atoms with Gasteiger partial charge in [0.2, 0.25) is 0 Å². The van der Waals surface area contributed by atoms with Crippen LogP contribution in [0.1, 0.15) is 69.8 Å². The number of ether oxygens (including phenoxy) is 3. The van der Waals surface area contributed by atoms with Gasteiger partial charge < -0.3 is 19.3 Å². The molecule has 0 aromatic heterocycles. The molecular weight excluding hydrogens is 578 g/mol. The van der Waals surface area contributed by atoms with Crippen LogP contribution in [0, 0.1) is 22.2 Å². The van der Waals surface area contributed by atoms with E-state index in [1.165, 1.54) is 31.2 Å². The van der Waals surface area contributed by atoms with Crippen molar-refractivity contribution in [3.63, 3.8) is 0 Å². The van der Waals surface area contributed by atoms with E-state index in [1.54, 1.807) is 52.0 Å². The van der Waals surface area contributed by atoms with Gasteiger partial charge in [-0.3, -0.25) is 14.4 Å². The molecule has 2 aromatic carbocycles. The van der Waals surface area contributed by atoms with Crippen LogP contribution in [-0.2, 0) is 23.9 Å². The number of hydrogen-bond acceptors (Lipinski definition) is 10. The molecule has 1 N–H and O–H groups in total. The van der Waals surface area contributed by atoms with Crippen LogP contribution in [0.3, 0.4) is 0 Å². The third kappa shape index (κ3) is 9.96. The summed E-state index contributed by atoms with van der Waals surface area (Å²) in [6.07, 6.45) is 0.0264. The van der Waals surface area contributed by atoms with Gasteiger partial charge in [-0.2, -0.15) is 5.26 Å². The minimum Gasteiger partial charge on any atom is -0.481 e. The van der Waals surface area contributed by atoms with E-state index in [1.807, 2.05) is 6.07 Å². The minimum absolute atomic E-state index is 0.0125. The summed E-state index contributed by atoms with van der Waals surface area (Å²) in [7, 11) is 0. The lowest BCUT2D eigenvalue weighted by atomic mass is 9.70. The number of hydrogen-bond donors (Lipinski definition) is 1. The SMILES string of the molecule is CCC(=O)Oc1ccc(C(=O)OCCOC(=O)C(C)(CC(C)(CC(C)(C)C#N)C(=O)O)SC(=S)c2ccccc2)cc1. The average molecular weight is 614 g/mol. The second-order valence-corrected chi connectivity index (χ2v) is 13.0. The van der Waals surface area contributed by atoms with Gasteiger partial charge in [-0.05, 0) is 70.4 Å². The number of carbonyl (C=O) groups is 4. The van der Waals surface area contributed by atoms with Gasteiger partial charge >= 0.3 is 23.9 Å². The third-order valence-electron chi connectivity index (χ3n) is 6.30. The molecule has 0 spiro atoms. The lowest BCUT2D eigenvalue weighted by Crippen LogP contribution is -2.45. The Bertz CT molecular complexity index is 1340. The molecule has 0 saturated heterocycles. The molecule has 2 aromatic rings. The molecule has 11 heteroatoms. The summed E-state index contributed by atoms with van der Waals surface area (Å²) in [5, 5.41) is 19.7. The second-order valence-electron chi connectivity index (χ2n) is 10.8. The van der Waals surface area contributed by atoms with E-state index < -0.39 is 39.5 Å². The summed E-state index contributed by atoms with van der Waals surface area (Å²) < 4.78 is 14.7. The number of carboxylic acid groups (broad SMARTS) is 1. The van der Waals surface area contributed by atoms with Crippen molar-refractivity contribution in [1.29, 1.82) is 5.26 Å². The molecular formula is C31H35NO8S2. The van der Waals surface area contributed by atoms with Crippen LogP contribution in [0.15, 0.2) is 54.6 Å². The zero-order chi connectivity index (χ0) is 31.6. The molecule has 0 amide bonds. The average Bonchev–Trinajstić information content (AvgIpc) is 2.95. The molecule has 2 rings (SSSR count). The summed E-state index contributed by atoms with van der Waals surface area (Å²) in [5.74, 6) is -2.66. The van der Waals surface area contributed by atoms with Crippen molar-refractivity contribution in [3.05, 3.63) is 65.7 Å². The van der Waals surface area contributed by atoms with E-state index in [0.29, 0.717) is 15.5 Å². The quantitative estimate of drug-likeness (QED) is 0.116. The van der Waals surface area contributed by atoms with Crippen molar-refractivity contribution in [3.8, 4) is 11.8 Å². The zero-order valence-electron chi connectivity index (χ0n) is 24.3. The van der Waals surface area contributed by atoms with Crippen LogP contribution < -0.4 is 4.74 Å². The van der Waals surface area contributed by atoms with Crippen LogP contribution in [0.4, 0.5) is 0 Å². The molecule has 2 atom stereocenters. The highest BCUT2D eigenvalue weighted by molar-refractivity contribution is 8.25. The Hall–Kier alpha value is -3.75. The zero-order valence-corrected chi connectivity index (χ0v) is 25.9. The van der Waals surface area contributed by atoms with E-state index >= 15 is 0 Å². The van der Waals surface area contributed by atoms with Gasteiger partial charge in [-0.1, -0.05) is 61.2 Å². The maximum Gasteiger partial charge on any atom is 0.338 e. The van der Waals surface area contributed by atoms with E-state index in [4.69, 9.17) is 26.4 Å². The lowest BCUT2D eigenvalue weighted by Gasteiger charge is -2.37. The Labute approximate surface area is 255 Å². The number of aliphatic carboxylic acids is 1. The standard InChI is InChI=1S/C31H35NO8S2/c1-6-24(33)40-23-14-12-21(13-15-23)25(34)38-16-17-39-28(37)31(5,42-26(41)22-10-8-7-9-11-22)19-30(4,27(35)36)18-29(2,3)20-32/h7-15H,6,16-19H2,1-5H3,(H,35,36). The fraction of sp³-hybridized carbons (Fsp3) is 0.419. The van der Waals surface area contributed by atoms with Crippen molar-refractivity contribution < 1.29 is 38.5 Å². The molecule has 42 heavy (non-hydrogen) atoms. The van der Waals surface area contributed by atoms with Crippen molar-refractivity contribution >= 4 is 52.1 Å². The van der Waals surface area contributed by atoms with Crippen LogP contribution in [0.25, 0.3) is 0 Å². The number of rotatable bonds is 14. The molecule has 0 fully saturated rings. The first kappa shape index (κ1) is 34.5. The molecule has 0 aliphatic heterocycles. The molecule has 224 valence electrons. The number of thioether (sulfide) groups is 1. The van der Waals surface area contributed by atoms with Crippen LogP contribution in [0.5, 0.6) is 5.75 Å². The van der Waals surface area contributed by atoms with Crippen LogP contribution >= 0.6 is 24.0 Å². The Balaban J connectivity index is 2.14. The summed E-state index contributed by atoms with van der Waals surface area (Å²) in [5.41, 5.74) is -1.53. The second kappa shape index (κ2) is 14.9. The highest BCUT2D eigenvalue weighted by Gasteiger charge is 2.49. The summed E-state index contributed by atoms with van der Waals surface area (Å²) in [6.45, 7) is 7.49. The van der Waals surface area contributed by atoms with E-state index in [9.17, 15) is 29.5 Å². The van der Waals surface area contributed by atoms with E-state index in [-0.39, 0.29) is 38.0 Å². The molecule has 0 aliphatic carbocycles. The van der Waals surface area contributed by atoms with E-state index in [0.717, 1.165) is 11.8 Å². The number of carboxylic acids is 1. The van der Waals surface area contributed by atoms with Gasteiger partial charge in [-0.15, -0.1) is 0 Å². The maximum atomic E-state index is 13.5. The van der Waals surface area contributed by atoms with Gasteiger partial charge in [0, 0.05) is 6.42 Å². The first-order chi connectivity index (χ1) is 19.6. The number of nitriles is 1. The summed E-state index contributed by atoms with van der Waals surface area (Å²) in [6, 6.07) is 17.0. The highest BCUT2D eigenvalue weighted by Crippen LogP contribution is 2.45. The highest BCUT2D eigenvalue weighted by atomic mass is 32.2. The lowest BCUT2D eigenvalue weighted by molar-refractivity contribution is -0.154. The van der Waals surface area contributed by atoms with Gasteiger partial charge in [0.25, 0.3) is 0 Å². The molecule has 0 bridgehead atoms. The number of benzene rings is 2. The predicted molar refractivity (Wildman–Crippen MR) is 162 cm³/mol. The number of thiocarbonyl (C=S) groups is 1. The normalized spacial score (nSPS) is 13.9. The van der Waals surface area contributed by atoms with E-state index in [2.05, 4.69) is 6.07 Å². The predicted octanol–water partition coefficient (Wildman–Crippen LogP) is 5.99. The number of carbonyl (C=O) groups excluding carboxylic acids is 3. The Morgan fingerprint density at radius 3 is 2.05 bits per heavy atom. The first-order valence-corrected chi connectivity index (χ1v) is 14.5. The van der Waals surface area contributed by atoms with Crippen LogP contribution in [0.2, 0.25) is 0 Å².